The van der Waals surface area contributed by atoms with E-state index in [1.54, 1.807) is 24.4 Å². The molecule has 2 rings (SSSR count). The number of aromatic nitrogens is 2. The largest absolute Gasteiger partial charge is 0.473 e. The number of carbonyl (C=O) groups excluding carboxylic acids is 1. The van der Waals surface area contributed by atoms with Crippen LogP contribution in [0.1, 0.15) is 29.9 Å². The molecule has 21 heavy (non-hydrogen) atoms. The zero-order chi connectivity index (χ0) is 15.4. The molecule has 0 aliphatic heterocycles. The third-order valence-electron chi connectivity index (χ3n) is 2.60. The van der Waals surface area contributed by atoms with Crippen molar-refractivity contribution in [1.29, 1.82) is 0 Å². The number of nitrogens with one attached hydrogen (secondary N) is 1. The van der Waals surface area contributed by atoms with Crippen molar-refractivity contribution in [3.8, 4) is 5.88 Å². The number of rotatable bonds is 4. The number of hydrogen-bond donors (Lipinski definition) is 1. The van der Waals surface area contributed by atoms with Crippen LogP contribution >= 0.6 is 11.6 Å². The number of ether oxygens (including phenoxy) is 1. The number of amides is 1. The van der Waals surface area contributed by atoms with Gasteiger partial charge in [-0.1, -0.05) is 11.6 Å². The van der Waals surface area contributed by atoms with Crippen molar-refractivity contribution in [1.82, 2.24) is 9.97 Å². The molecule has 0 saturated carbocycles. The molecule has 0 bridgehead atoms. The molecule has 2 aromatic heterocycles. The SMILES string of the molecule is Cc1cc(Cl)c(C(=O)Nc2cccnc2OC(C)C)cn1. The lowest BCUT2D eigenvalue weighted by molar-refractivity contribution is 0.102. The summed E-state index contributed by atoms with van der Waals surface area (Å²) in [5, 5.41) is 3.10. The Morgan fingerprint density at radius 1 is 1.38 bits per heavy atom. The van der Waals surface area contributed by atoms with E-state index in [0.29, 0.717) is 22.2 Å². The number of pyridine rings is 2. The molecule has 0 aliphatic rings. The van der Waals surface area contributed by atoms with Gasteiger partial charge >= 0.3 is 0 Å². The summed E-state index contributed by atoms with van der Waals surface area (Å²) in [6, 6.07) is 5.08. The van der Waals surface area contributed by atoms with Gasteiger partial charge in [-0.25, -0.2) is 4.98 Å². The maximum atomic E-state index is 12.3. The first kappa shape index (κ1) is 15.3. The lowest BCUT2D eigenvalue weighted by atomic mass is 10.2. The van der Waals surface area contributed by atoms with Gasteiger partial charge in [0.1, 0.15) is 5.69 Å². The summed E-state index contributed by atoms with van der Waals surface area (Å²) >= 11 is 6.07. The van der Waals surface area contributed by atoms with Gasteiger partial charge in [0.2, 0.25) is 5.88 Å². The Kier molecular flexibility index (Phi) is 4.75. The van der Waals surface area contributed by atoms with E-state index >= 15 is 0 Å². The van der Waals surface area contributed by atoms with Crippen LogP contribution < -0.4 is 10.1 Å². The summed E-state index contributed by atoms with van der Waals surface area (Å²) in [6.07, 6.45) is 3.01. The number of hydrogen-bond acceptors (Lipinski definition) is 4. The third kappa shape index (κ3) is 3.92. The second-order valence-corrected chi connectivity index (χ2v) is 5.19. The number of anilines is 1. The summed E-state index contributed by atoms with van der Waals surface area (Å²) < 4.78 is 5.56. The lowest BCUT2D eigenvalue weighted by Crippen LogP contribution is -2.16. The maximum Gasteiger partial charge on any atom is 0.258 e. The number of aryl methyl sites for hydroxylation is 1. The van der Waals surface area contributed by atoms with E-state index < -0.39 is 0 Å². The summed E-state index contributed by atoms with van der Waals surface area (Å²) in [5.74, 6) is 0.0196. The normalized spacial score (nSPS) is 10.5. The minimum atomic E-state index is -0.353. The van der Waals surface area contributed by atoms with E-state index in [1.165, 1.54) is 6.20 Å². The van der Waals surface area contributed by atoms with E-state index in [-0.39, 0.29) is 12.0 Å². The van der Waals surface area contributed by atoms with Crippen LogP contribution in [0, 0.1) is 6.92 Å². The number of carbonyl (C=O) groups is 1. The van der Waals surface area contributed by atoms with Crippen LogP contribution in [0.15, 0.2) is 30.6 Å². The van der Waals surface area contributed by atoms with Crippen LogP contribution in [0.5, 0.6) is 5.88 Å². The highest BCUT2D eigenvalue weighted by atomic mass is 35.5. The first-order chi connectivity index (χ1) is 9.97. The van der Waals surface area contributed by atoms with E-state index in [1.807, 2.05) is 20.8 Å². The monoisotopic (exact) mass is 305 g/mol. The Morgan fingerprint density at radius 3 is 2.81 bits per heavy atom. The molecule has 6 heteroatoms. The fourth-order valence-electron chi connectivity index (χ4n) is 1.69. The van der Waals surface area contributed by atoms with Crippen LogP contribution in [0.3, 0.4) is 0 Å². The molecule has 0 aromatic carbocycles. The first-order valence-corrected chi connectivity index (χ1v) is 6.90. The molecule has 1 N–H and O–H groups in total. The summed E-state index contributed by atoms with van der Waals surface area (Å²) in [5.41, 5.74) is 1.55. The van der Waals surface area contributed by atoms with Crippen molar-refractivity contribution >= 4 is 23.2 Å². The third-order valence-corrected chi connectivity index (χ3v) is 2.91. The number of halogens is 1. The molecule has 2 heterocycles. The molecule has 2 aromatic rings. The highest BCUT2D eigenvalue weighted by Crippen LogP contribution is 2.24. The molecular weight excluding hydrogens is 290 g/mol. The number of nitrogens with zero attached hydrogens (tertiary/aromatic N) is 2. The first-order valence-electron chi connectivity index (χ1n) is 6.52. The average molecular weight is 306 g/mol. The second kappa shape index (κ2) is 6.54. The van der Waals surface area contributed by atoms with Gasteiger partial charge in [0.05, 0.1) is 16.7 Å². The molecule has 1 amide bonds. The molecule has 0 radical (unpaired) electrons. The summed E-state index contributed by atoms with van der Waals surface area (Å²) in [6.45, 7) is 5.59. The Hall–Kier alpha value is -2.14. The van der Waals surface area contributed by atoms with Crippen molar-refractivity contribution in [3.05, 3.63) is 46.9 Å². The Morgan fingerprint density at radius 2 is 2.14 bits per heavy atom. The van der Waals surface area contributed by atoms with E-state index in [9.17, 15) is 4.79 Å². The quantitative estimate of drug-likeness (QED) is 0.939. The van der Waals surface area contributed by atoms with Crippen LogP contribution in [0.4, 0.5) is 5.69 Å². The second-order valence-electron chi connectivity index (χ2n) is 4.78. The van der Waals surface area contributed by atoms with Gasteiger partial charge in [-0.15, -0.1) is 0 Å². The topological polar surface area (TPSA) is 64.1 Å². The molecule has 0 aliphatic carbocycles. The van der Waals surface area contributed by atoms with Gasteiger partial charge in [0, 0.05) is 18.1 Å². The Balaban J connectivity index is 2.23. The average Bonchev–Trinajstić information content (AvgIpc) is 2.40. The predicted molar refractivity (Wildman–Crippen MR) is 81.9 cm³/mol. The van der Waals surface area contributed by atoms with Crippen LogP contribution in [0.2, 0.25) is 5.02 Å². The molecule has 0 spiro atoms. The smallest absolute Gasteiger partial charge is 0.258 e. The van der Waals surface area contributed by atoms with Crippen molar-refractivity contribution in [2.24, 2.45) is 0 Å². The zero-order valence-electron chi connectivity index (χ0n) is 12.1. The maximum absolute atomic E-state index is 12.3. The van der Waals surface area contributed by atoms with Gasteiger partial charge in [0.25, 0.3) is 5.91 Å². The molecule has 5 nitrogen and oxygen atoms in total. The minimum absolute atomic E-state index is 0.0415. The molecule has 110 valence electrons. The highest BCUT2D eigenvalue weighted by molar-refractivity contribution is 6.34. The minimum Gasteiger partial charge on any atom is -0.473 e. The van der Waals surface area contributed by atoms with Gasteiger partial charge in [-0.05, 0) is 39.0 Å². The van der Waals surface area contributed by atoms with Crippen molar-refractivity contribution in [2.75, 3.05) is 5.32 Å². The van der Waals surface area contributed by atoms with E-state index in [0.717, 1.165) is 5.69 Å². The summed E-state index contributed by atoms with van der Waals surface area (Å²) in [4.78, 5) is 20.5. The standard InChI is InChI=1S/C15H16ClN3O2/c1-9(2)21-15-13(5-4-6-17-15)19-14(20)11-8-18-10(3)7-12(11)16/h4-9H,1-3H3,(H,19,20). The van der Waals surface area contributed by atoms with E-state index in [4.69, 9.17) is 16.3 Å². The Labute approximate surface area is 128 Å². The van der Waals surface area contributed by atoms with Gasteiger partial charge in [-0.2, -0.15) is 0 Å². The zero-order valence-corrected chi connectivity index (χ0v) is 12.8. The summed E-state index contributed by atoms with van der Waals surface area (Å²) in [7, 11) is 0. The predicted octanol–water partition coefficient (Wildman–Crippen LogP) is 3.48. The van der Waals surface area contributed by atoms with Crippen molar-refractivity contribution < 1.29 is 9.53 Å². The van der Waals surface area contributed by atoms with Gasteiger partial charge in [-0.3, -0.25) is 9.78 Å². The van der Waals surface area contributed by atoms with Crippen molar-refractivity contribution in [3.63, 3.8) is 0 Å². The molecule has 0 atom stereocenters. The van der Waals surface area contributed by atoms with E-state index in [2.05, 4.69) is 15.3 Å². The fourth-order valence-corrected chi connectivity index (χ4v) is 1.98. The highest BCUT2D eigenvalue weighted by Gasteiger charge is 2.14. The molecular formula is C15H16ClN3O2. The molecule has 0 saturated heterocycles. The van der Waals surface area contributed by atoms with Gasteiger partial charge < -0.3 is 10.1 Å². The van der Waals surface area contributed by atoms with Crippen LogP contribution in [0.25, 0.3) is 0 Å². The van der Waals surface area contributed by atoms with Crippen LogP contribution in [-0.4, -0.2) is 22.0 Å². The van der Waals surface area contributed by atoms with Gasteiger partial charge in [0.15, 0.2) is 0 Å². The molecule has 0 fully saturated rings. The lowest BCUT2D eigenvalue weighted by Gasteiger charge is -2.13. The Bertz CT molecular complexity index is 659. The molecule has 0 unspecified atom stereocenters. The van der Waals surface area contributed by atoms with Crippen molar-refractivity contribution in [2.45, 2.75) is 26.9 Å². The fraction of sp³-hybridized carbons (Fsp3) is 0.267. The van der Waals surface area contributed by atoms with Crippen LogP contribution in [-0.2, 0) is 0 Å².